The van der Waals surface area contributed by atoms with E-state index in [1.54, 1.807) is 54.6 Å². The summed E-state index contributed by atoms with van der Waals surface area (Å²) in [4.78, 5) is 23.3. The molecular weight excluding hydrogens is 400 g/mol. The average Bonchev–Trinajstić information content (AvgIpc) is 2.80. The zero-order valence-corrected chi connectivity index (χ0v) is 19.5. The Morgan fingerprint density at radius 2 is 1.31 bits per heavy atom. The van der Waals surface area contributed by atoms with Gasteiger partial charge in [-0.15, -0.1) is 0 Å². The number of carbonyl (C=O) groups is 2. The van der Waals surface area contributed by atoms with Crippen molar-refractivity contribution < 1.29 is 19.1 Å². The molecule has 0 amide bonds. The van der Waals surface area contributed by atoms with Gasteiger partial charge in [-0.05, 0) is 61.4 Å². The molecule has 0 aliphatic rings. The number of ketones is 1. The Balaban J connectivity index is 1.66. The lowest BCUT2D eigenvalue weighted by molar-refractivity contribution is -0.112. The van der Waals surface area contributed by atoms with Crippen LogP contribution in [0.25, 0.3) is 6.08 Å². The highest BCUT2D eigenvalue weighted by molar-refractivity contribution is 5.92. The van der Waals surface area contributed by atoms with E-state index >= 15 is 0 Å². The van der Waals surface area contributed by atoms with E-state index in [0.29, 0.717) is 17.9 Å². The van der Waals surface area contributed by atoms with Crippen molar-refractivity contribution in [2.45, 2.75) is 71.6 Å². The minimum Gasteiger partial charge on any atom is -0.494 e. The topological polar surface area (TPSA) is 52.6 Å². The van der Waals surface area contributed by atoms with Gasteiger partial charge in [0, 0.05) is 0 Å². The third-order valence-electron chi connectivity index (χ3n) is 5.21. The van der Waals surface area contributed by atoms with Gasteiger partial charge in [0.15, 0.2) is 5.78 Å². The molecule has 2 aromatic rings. The van der Waals surface area contributed by atoms with Gasteiger partial charge in [0.2, 0.25) is 0 Å². The molecular formula is C28H36O4. The van der Waals surface area contributed by atoms with Crippen LogP contribution in [0.2, 0.25) is 0 Å². The maximum absolute atomic E-state index is 12.3. The summed E-state index contributed by atoms with van der Waals surface area (Å²) in [7, 11) is 0. The van der Waals surface area contributed by atoms with E-state index in [1.165, 1.54) is 64.4 Å². The van der Waals surface area contributed by atoms with Crippen molar-refractivity contribution >= 4 is 17.8 Å². The normalized spacial score (nSPS) is 10.9. The second-order valence-corrected chi connectivity index (χ2v) is 8.10. The number of ether oxygens (including phenoxy) is 2. The van der Waals surface area contributed by atoms with Crippen LogP contribution < -0.4 is 9.47 Å². The van der Waals surface area contributed by atoms with Crippen molar-refractivity contribution in [3.05, 3.63) is 65.7 Å². The fraction of sp³-hybridized carbons (Fsp3) is 0.429. The number of benzene rings is 2. The number of allylic oxidation sites excluding steroid dienone is 1. The highest BCUT2D eigenvalue weighted by Crippen LogP contribution is 2.18. The van der Waals surface area contributed by atoms with Gasteiger partial charge in [-0.3, -0.25) is 4.79 Å². The first-order valence-corrected chi connectivity index (χ1v) is 11.8. The van der Waals surface area contributed by atoms with Crippen molar-refractivity contribution in [3.8, 4) is 11.5 Å². The van der Waals surface area contributed by atoms with E-state index in [2.05, 4.69) is 6.92 Å². The van der Waals surface area contributed by atoms with Crippen LogP contribution in [0.5, 0.6) is 11.5 Å². The van der Waals surface area contributed by atoms with Crippen LogP contribution in [-0.2, 0) is 4.79 Å². The second kappa shape index (κ2) is 15.0. The molecule has 0 saturated heterocycles. The maximum atomic E-state index is 12.3. The lowest BCUT2D eigenvalue weighted by Crippen LogP contribution is -2.08. The van der Waals surface area contributed by atoms with Gasteiger partial charge in [0.1, 0.15) is 11.5 Å². The van der Waals surface area contributed by atoms with Gasteiger partial charge in [0.25, 0.3) is 0 Å². The lowest BCUT2D eigenvalue weighted by Gasteiger charge is -2.08. The number of hydrogen-bond donors (Lipinski definition) is 0. The summed E-state index contributed by atoms with van der Waals surface area (Å²) in [5, 5.41) is 0. The van der Waals surface area contributed by atoms with Gasteiger partial charge in [0.05, 0.1) is 12.2 Å². The monoisotopic (exact) mass is 436 g/mol. The van der Waals surface area contributed by atoms with Crippen LogP contribution in [0.15, 0.2) is 54.6 Å². The molecule has 0 atom stereocenters. The van der Waals surface area contributed by atoms with E-state index in [-0.39, 0.29) is 5.78 Å². The Labute approximate surface area is 192 Å². The molecule has 4 nitrogen and oxygen atoms in total. The van der Waals surface area contributed by atoms with Crippen molar-refractivity contribution in [1.29, 1.82) is 0 Å². The largest absolute Gasteiger partial charge is 0.494 e. The molecule has 172 valence electrons. The summed E-state index contributed by atoms with van der Waals surface area (Å²) in [5.41, 5.74) is 1.34. The zero-order chi connectivity index (χ0) is 23.0. The van der Waals surface area contributed by atoms with Gasteiger partial charge in [-0.25, -0.2) is 4.79 Å². The Morgan fingerprint density at radius 1 is 0.750 bits per heavy atom. The summed E-state index contributed by atoms with van der Waals surface area (Å²) < 4.78 is 11.2. The van der Waals surface area contributed by atoms with Crippen LogP contribution in [0.4, 0.5) is 0 Å². The lowest BCUT2D eigenvalue weighted by atomic mass is 10.1. The molecule has 32 heavy (non-hydrogen) atoms. The summed E-state index contributed by atoms with van der Waals surface area (Å²) in [5.74, 6) is 0.798. The molecule has 0 aliphatic carbocycles. The predicted octanol–water partition coefficient (Wildman–Crippen LogP) is 7.42. The average molecular weight is 437 g/mol. The van der Waals surface area contributed by atoms with E-state index in [4.69, 9.17) is 9.47 Å². The van der Waals surface area contributed by atoms with E-state index in [0.717, 1.165) is 17.7 Å². The number of rotatable bonds is 15. The first kappa shape index (κ1) is 25.4. The van der Waals surface area contributed by atoms with E-state index in [9.17, 15) is 9.59 Å². The number of carbonyl (C=O) groups excluding carboxylic acids is 2. The Kier molecular flexibility index (Phi) is 11.9. The van der Waals surface area contributed by atoms with Crippen LogP contribution >= 0.6 is 0 Å². The first-order chi connectivity index (χ1) is 15.6. The summed E-state index contributed by atoms with van der Waals surface area (Å²) in [6.45, 7) is 4.45. The molecule has 0 spiro atoms. The molecule has 0 unspecified atom stereocenters. The molecule has 0 radical (unpaired) electrons. The third-order valence-corrected chi connectivity index (χ3v) is 5.21. The minimum atomic E-state index is -0.414. The van der Waals surface area contributed by atoms with Gasteiger partial charge in [-0.1, -0.05) is 76.5 Å². The second-order valence-electron chi connectivity index (χ2n) is 8.10. The number of unbranched alkanes of at least 4 members (excludes halogenated alkanes) is 8. The fourth-order valence-corrected chi connectivity index (χ4v) is 3.32. The highest BCUT2D eigenvalue weighted by Gasteiger charge is 2.09. The molecule has 2 rings (SSSR count). The smallest absolute Gasteiger partial charge is 0.343 e. The molecule has 0 aliphatic heterocycles. The van der Waals surface area contributed by atoms with Crippen molar-refractivity contribution in [3.63, 3.8) is 0 Å². The third kappa shape index (κ3) is 10.4. The van der Waals surface area contributed by atoms with Crippen LogP contribution in [0.3, 0.4) is 0 Å². The highest BCUT2D eigenvalue weighted by atomic mass is 16.5. The minimum absolute atomic E-state index is 0.0129. The van der Waals surface area contributed by atoms with Crippen LogP contribution in [0.1, 0.15) is 87.6 Å². The standard InChI is InChI=1S/C28H36O4/c1-3-4-5-6-7-8-9-10-11-22-31-26-20-16-25(17-21-26)28(30)32-27-18-14-24(15-19-27)13-12-23(2)29/h12-21H,3-11,22H2,1-2H3/b13-12+. The Hall–Kier alpha value is -2.88. The van der Waals surface area contributed by atoms with Crippen LogP contribution in [0, 0.1) is 0 Å². The maximum Gasteiger partial charge on any atom is 0.343 e. The van der Waals surface area contributed by atoms with Crippen molar-refractivity contribution in [1.82, 2.24) is 0 Å². The number of hydrogen-bond acceptors (Lipinski definition) is 4. The molecule has 0 N–H and O–H groups in total. The van der Waals surface area contributed by atoms with Crippen molar-refractivity contribution in [2.75, 3.05) is 6.61 Å². The summed E-state index contributed by atoms with van der Waals surface area (Å²) >= 11 is 0. The predicted molar refractivity (Wildman–Crippen MR) is 130 cm³/mol. The fourth-order valence-electron chi connectivity index (χ4n) is 3.32. The number of esters is 1. The van der Waals surface area contributed by atoms with Gasteiger partial charge >= 0.3 is 5.97 Å². The molecule has 2 aromatic carbocycles. The van der Waals surface area contributed by atoms with E-state index in [1.807, 2.05) is 0 Å². The SMILES string of the molecule is CCCCCCCCCCCOc1ccc(C(=O)Oc2ccc(/C=C/C(C)=O)cc2)cc1. The molecule has 0 fully saturated rings. The molecule has 0 bridgehead atoms. The quantitative estimate of drug-likeness (QED) is 0.126. The first-order valence-electron chi connectivity index (χ1n) is 11.8. The van der Waals surface area contributed by atoms with Gasteiger partial charge in [-0.2, -0.15) is 0 Å². The molecule has 0 heterocycles. The molecule has 0 saturated carbocycles. The zero-order valence-electron chi connectivity index (χ0n) is 19.5. The molecule has 4 heteroatoms. The van der Waals surface area contributed by atoms with Crippen LogP contribution in [-0.4, -0.2) is 18.4 Å². The Bertz CT molecular complexity index is 835. The summed E-state index contributed by atoms with van der Waals surface area (Å²) in [6, 6.07) is 14.1. The van der Waals surface area contributed by atoms with Gasteiger partial charge < -0.3 is 9.47 Å². The Morgan fingerprint density at radius 3 is 1.91 bits per heavy atom. The summed E-state index contributed by atoms with van der Waals surface area (Å²) in [6.07, 6.45) is 14.8. The van der Waals surface area contributed by atoms with Crippen molar-refractivity contribution in [2.24, 2.45) is 0 Å². The van der Waals surface area contributed by atoms with E-state index < -0.39 is 5.97 Å². The molecule has 0 aromatic heterocycles.